The lowest BCUT2D eigenvalue weighted by molar-refractivity contribution is -0.0197. The molecule has 2 atom stereocenters. The van der Waals surface area contributed by atoms with Crippen molar-refractivity contribution in [2.75, 3.05) is 24.8 Å². The molecule has 7 nitrogen and oxygen atoms in total. The molecule has 2 aromatic heterocycles. The minimum absolute atomic E-state index is 0.00615. The zero-order valence-corrected chi connectivity index (χ0v) is 23.8. The van der Waals surface area contributed by atoms with E-state index >= 15 is 0 Å². The number of hydrogen-bond acceptors (Lipinski definition) is 6. The van der Waals surface area contributed by atoms with Gasteiger partial charge in [-0.3, -0.25) is 19.3 Å². The molecule has 9 heteroatoms. The fourth-order valence-electron chi connectivity index (χ4n) is 6.51. The van der Waals surface area contributed by atoms with Crippen molar-refractivity contribution < 1.29 is 18.7 Å². The second kappa shape index (κ2) is 10.2. The summed E-state index contributed by atoms with van der Waals surface area (Å²) in [5.74, 6) is -0.602. The summed E-state index contributed by atoms with van der Waals surface area (Å²) in [7, 11) is 0. The molecule has 2 unspecified atom stereocenters. The van der Waals surface area contributed by atoms with E-state index in [2.05, 4.69) is 17.1 Å². The lowest BCUT2D eigenvalue weighted by Crippen LogP contribution is -2.66. The number of aromatic nitrogens is 1. The highest BCUT2D eigenvalue weighted by atomic mass is 32.1. The number of morpholine rings is 1. The van der Waals surface area contributed by atoms with Gasteiger partial charge in [-0.1, -0.05) is 60.7 Å². The van der Waals surface area contributed by atoms with Crippen molar-refractivity contribution in [2.24, 2.45) is 0 Å². The van der Waals surface area contributed by atoms with Crippen LogP contribution in [0.15, 0.2) is 101 Å². The first-order valence-corrected chi connectivity index (χ1v) is 15.0. The van der Waals surface area contributed by atoms with Crippen LogP contribution in [0, 0.1) is 5.82 Å². The van der Waals surface area contributed by atoms with E-state index in [9.17, 15) is 14.0 Å². The van der Waals surface area contributed by atoms with Gasteiger partial charge < -0.3 is 14.4 Å². The molecule has 2 aliphatic heterocycles. The number of halogens is 1. The number of hydrogen-bond donors (Lipinski definition) is 0. The van der Waals surface area contributed by atoms with Crippen LogP contribution < -0.4 is 15.2 Å². The third kappa shape index (κ3) is 4.11. The summed E-state index contributed by atoms with van der Waals surface area (Å²) in [4.78, 5) is 30.3. The van der Waals surface area contributed by atoms with Gasteiger partial charge in [-0.25, -0.2) is 4.39 Å². The number of thiophene rings is 1. The Morgan fingerprint density at radius 3 is 2.60 bits per heavy atom. The maximum absolute atomic E-state index is 14.9. The zero-order chi connectivity index (χ0) is 29.1. The SMILES string of the molecule is O=C1c2c(OCc3ccccc3)c(=O)ccn2N(C2c3ccc(F)cc3-c3ccsc3-c3ccccc32)C2COCCN12. The highest BCUT2D eigenvalue weighted by molar-refractivity contribution is 7.14. The smallest absolute Gasteiger partial charge is 0.278 e. The standard InChI is InChI=1S/C34H26FN3O4S/c35-22-10-11-24-27(18-22)26-13-17-43-33(26)25-9-5-4-8-23(25)30(24)38-29-20-41-16-15-36(29)34(40)31-32(28(39)12-14-37(31)38)42-19-21-6-2-1-3-7-21/h1-14,17-18,29-30H,15-16,19-20H2. The van der Waals surface area contributed by atoms with Crippen molar-refractivity contribution >= 4 is 17.2 Å². The molecule has 5 aromatic rings. The molecule has 8 rings (SSSR count). The molecule has 3 aromatic carbocycles. The fourth-order valence-corrected chi connectivity index (χ4v) is 7.47. The van der Waals surface area contributed by atoms with Gasteiger partial charge in [-0.05, 0) is 51.4 Å². The van der Waals surface area contributed by atoms with Gasteiger partial charge in [-0.15, -0.1) is 11.3 Å². The largest absolute Gasteiger partial charge is 0.482 e. The summed E-state index contributed by atoms with van der Waals surface area (Å²) in [6, 6.07) is 25.7. The molecule has 0 N–H and O–H groups in total. The third-order valence-electron chi connectivity index (χ3n) is 8.41. The van der Waals surface area contributed by atoms with Gasteiger partial charge in [0, 0.05) is 29.2 Å². The first-order valence-electron chi connectivity index (χ1n) is 14.2. The first-order chi connectivity index (χ1) is 21.1. The molecule has 4 heterocycles. The van der Waals surface area contributed by atoms with E-state index in [0.717, 1.165) is 38.3 Å². The van der Waals surface area contributed by atoms with Gasteiger partial charge in [-0.2, -0.15) is 0 Å². The second-order valence-electron chi connectivity index (χ2n) is 10.8. The van der Waals surface area contributed by atoms with E-state index in [0.29, 0.717) is 13.2 Å². The monoisotopic (exact) mass is 591 g/mol. The van der Waals surface area contributed by atoms with Crippen molar-refractivity contribution in [2.45, 2.75) is 18.8 Å². The van der Waals surface area contributed by atoms with Crippen LogP contribution >= 0.6 is 11.3 Å². The van der Waals surface area contributed by atoms with Gasteiger partial charge in [0.15, 0.2) is 11.4 Å². The molecule has 0 saturated carbocycles. The molecule has 1 saturated heterocycles. The zero-order valence-electron chi connectivity index (χ0n) is 23.0. The van der Waals surface area contributed by atoms with E-state index in [1.165, 1.54) is 12.1 Å². The summed E-state index contributed by atoms with van der Waals surface area (Å²) >= 11 is 1.62. The van der Waals surface area contributed by atoms with Crippen LogP contribution in [-0.4, -0.2) is 41.4 Å². The lowest BCUT2D eigenvalue weighted by Gasteiger charge is -2.51. The Morgan fingerprint density at radius 2 is 1.72 bits per heavy atom. The number of nitrogens with zero attached hydrogens (tertiary/aromatic N) is 3. The minimum Gasteiger partial charge on any atom is -0.482 e. The van der Waals surface area contributed by atoms with Crippen LogP contribution in [0.4, 0.5) is 4.39 Å². The van der Waals surface area contributed by atoms with Crippen molar-refractivity contribution in [3.63, 3.8) is 0 Å². The first kappa shape index (κ1) is 25.9. The molecule has 1 amide bonds. The Balaban J connectivity index is 1.37. The summed E-state index contributed by atoms with van der Waals surface area (Å²) < 4.78 is 28.7. The number of carbonyl (C=O) groups is 1. The Hall–Kier alpha value is -4.73. The maximum atomic E-state index is 14.9. The van der Waals surface area contributed by atoms with Gasteiger partial charge in [0.05, 0.1) is 19.3 Å². The molecule has 0 radical (unpaired) electrons. The van der Waals surface area contributed by atoms with Crippen LogP contribution in [0.1, 0.15) is 33.2 Å². The number of fused-ring (bicyclic) bond motifs is 7. The van der Waals surface area contributed by atoms with Gasteiger partial charge in [0.25, 0.3) is 5.91 Å². The quantitative estimate of drug-likeness (QED) is 0.264. The predicted molar refractivity (Wildman–Crippen MR) is 162 cm³/mol. The Kier molecular flexibility index (Phi) is 6.16. The summed E-state index contributed by atoms with van der Waals surface area (Å²) in [6.45, 7) is 1.16. The normalized spacial score (nSPS) is 18.6. The van der Waals surface area contributed by atoms with Crippen LogP contribution in [0.25, 0.3) is 21.6 Å². The Morgan fingerprint density at radius 1 is 0.907 bits per heavy atom. The fraction of sp³-hybridized carbons (Fsp3) is 0.176. The van der Waals surface area contributed by atoms with Gasteiger partial charge >= 0.3 is 0 Å². The third-order valence-corrected chi connectivity index (χ3v) is 9.36. The summed E-state index contributed by atoms with van der Waals surface area (Å²) in [6.07, 6.45) is 1.16. The van der Waals surface area contributed by atoms with Crippen LogP contribution in [0.3, 0.4) is 0 Å². The summed E-state index contributed by atoms with van der Waals surface area (Å²) in [5.41, 5.74) is 5.38. The number of benzene rings is 3. The topological polar surface area (TPSA) is 64.0 Å². The highest BCUT2D eigenvalue weighted by Crippen LogP contribution is 2.50. The predicted octanol–water partition coefficient (Wildman–Crippen LogP) is 5.82. The van der Waals surface area contributed by atoms with E-state index in [-0.39, 0.29) is 41.8 Å². The average molecular weight is 592 g/mol. The number of pyridine rings is 1. The number of carbonyl (C=O) groups excluding carboxylic acids is 1. The Labute approximate surface area is 250 Å². The summed E-state index contributed by atoms with van der Waals surface area (Å²) in [5, 5.41) is 4.12. The maximum Gasteiger partial charge on any atom is 0.278 e. The molecule has 1 aliphatic carbocycles. The van der Waals surface area contributed by atoms with Crippen molar-refractivity contribution in [3.8, 4) is 27.3 Å². The van der Waals surface area contributed by atoms with E-state index in [4.69, 9.17) is 9.47 Å². The molecular weight excluding hydrogens is 565 g/mol. The van der Waals surface area contributed by atoms with Gasteiger partial charge in [0.2, 0.25) is 5.43 Å². The number of amides is 1. The molecule has 43 heavy (non-hydrogen) atoms. The molecule has 214 valence electrons. The van der Waals surface area contributed by atoms with E-state index in [1.54, 1.807) is 33.2 Å². The molecule has 0 spiro atoms. The lowest BCUT2D eigenvalue weighted by atomic mass is 9.92. The van der Waals surface area contributed by atoms with E-state index in [1.807, 2.05) is 60.0 Å². The molecule has 3 aliphatic rings. The molecule has 0 bridgehead atoms. The number of rotatable bonds is 4. The van der Waals surface area contributed by atoms with Crippen molar-refractivity contribution in [1.82, 2.24) is 9.58 Å². The van der Waals surface area contributed by atoms with Crippen molar-refractivity contribution in [3.05, 3.63) is 135 Å². The van der Waals surface area contributed by atoms with Crippen LogP contribution in [0.5, 0.6) is 5.75 Å². The highest BCUT2D eigenvalue weighted by Gasteiger charge is 2.46. The molecule has 1 fully saturated rings. The minimum atomic E-state index is -0.481. The van der Waals surface area contributed by atoms with Crippen LogP contribution in [0.2, 0.25) is 0 Å². The average Bonchev–Trinajstić information content (AvgIpc) is 3.50. The van der Waals surface area contributed by atoms with Crippen molar-refractivity contribution in [1.29, 1.82) is 0 Å². The molecular formula is C34H26FN3O4S. The van der Waals surface area contributed by atoms with E-state index < -0.39 is 12.2 Å². The van der Waals surface area contributed by atoms with Crippen LogP contribution in [-0.2, 0) is 11.3 Å². The van der Waals surface area contributed by atoms with Gasteiger partial charge in [0.1, 0.15) is 18.6 Å². The second-order valence-corrected chi connectivity index (χ2v) is 11.7. The Bertz CT molecular complexity index is 1940. The number of ether oxygens (including phenoxy) is 2.